The number of hydrogen-bond acceptors (Lipinski definition) is 8. The van der Waals surface area contributed by atoms with Gasteiger partial charge < -0.3 is 14.6 Å². The fourth-order valence-electron chi connectivity index (χ4n) is 4.35. The molecule has 0 saturated heterocycles. The second-order valence-electron chi connectivity index (χ2n) is 8.79. The highest BCUT2D eigenvalue weighted by Crippen LogP contribution is 2.32. The van der Waals surface area contributed by atoms with Crippen molar-refractivity contribution in [2.45, 2.75) is 36.3 Å². The Labute approximate surface area is 229 Å². The number of methoxy groups -OCH3 is 1. The molecule has 12 heteroatoms. The third-order valence-electron chi connectivity index (χ3n) is 6.34. The lowest BCUT2D eigenvalue weighted by Gasteiger charge is -2.23. The van der Waals surface area contributed by atoms with Crippen molar-refractivity contribution in [3.05, 3.63) is 99.9 Å². The first kappa shape index (κ1) is 29.0. The molecular weight excluding hydrogens is 544 g/mol. The van der Waals surface area contributed by atoms with Crippen LogP contribution in [0.25, 0.3) is 11.1 Å². The van der Waals surface area contributed by atoms with Crippen LogP contribution in [-0.4, -0.2) is 48.4 Å². The number of pyridine rings is 1. The van der Waals surface area contributed by atoms with Gasteiger partial charge in [0.15, 0.2) is 4.90 Å². The van der Waals surface area contributed by atoms with Gasteiger partial charge in [0.2, 0.25) is 21.7 Å². The molecule has 9 nitrogen and oxygen atoms in total. The van der Waals surface area contributed by atoms with Crippen LogP contribution in [0.5, 0.6) is 5.88 Å². The Morgan fingerprint density at radius 3 is 2.45 bits per heavy atom. The van der Waals surface area contributed by atoms with Gasteiger partial charge in [-0.3, -0.25) is 9.36 Å². The molecule has 4 rings (SSSR count). The Morgan fingerprint density at radius 1 is 1.07 bits per heavy atom. The molecule has 0 fully saturated rings. The van der Waals surface area contributed by atoms with Crippen molar-refractivity contribution in [2.75, 3.05) is 20.3 Å². The average Bonchev–Trinajstić information content (AvgIpc) is 2.93. The maximum Gasteiger partial charge on any atom is 0.277 e. The Morgan fingerprint density at radius 2 is 1.80 bits per heavy atom. The summed E-state index contributed by atoms with van der Waals surface area (Å²) in [5.74, 6) is -2.83. The van der Waals surface area contributed by atoms with Gasteiger partial charge in [-0.2, -0.15) is 9.37 Å². The maximum absolute atomic E-state index is 15.2. The zero-order chi connectivity index (χ0) is 29.0. The van der Waals surface area contributed by atoms with Crippen LogP contribution in [0.3, 0.4) is 0 Å². The van der Waals surface area contributed by atoms with E-state index in [9.17, 15) is 22.7 Å². The molecule has 4 aromatic rings. The summed E-state index contributed by atoms with van der Waals surface area (Å²) in [7, 11) is -3.36. The van der Waals surface area contributed by atoms with Gasteiger partial charge in [-0.1, -0.05) is 36.4 Å². The Kier molecular flexibility index (Phi) is 8.72. The first-order valence-electron chi connectivity index (χ1n) is 12.2. The van der Waals surface area contributed by atoms with Gasteiger partial charge in [0.25, 0.3) is 5.56 Å². The second kappa shape index (κ2) is 12.0. The fourth-order valence-corrected chi connectivity index (χ4v) is 5.71. The second-order valence-corrected chi connectivity index (χ2v) is 10.7. The summed E-state index contributed by atoms with van der Waals surface area (Å²) in [6, 6.07) is 12.3. The van der Waals surface area contributed by atoms with Crippen LogP contribution in [0.4, 0.5) is 8.78 Å². The van der Waals surface area contributed by atoms with Crippen molar-refractivity contribution in [1.82, 2.24) is 14.5 Å². The standard InChI is InChI=1S/C28H27F2N3O6S/c1-4-39-16-24-32-27(34)25(28(35)33(24)23(15-38-3)18-8-6-5-7-9-18)40(36,37)19-10-11-21(22(29)14-19)20-12-13-31-26(30)17(20)2/h5-14,23,34H,4,15-16H2,1-3H3/t23-/m0/s1. The summed E-state index contributed by atoms with van der Waals surface area (Å²) < 4.78 is 68.4. The predicted molar refractivity (Wildman–Crippen MR) is 142 cm³/mol. The lowest BCUT2D eigenvalue weighted by Crippen LogP contribution is -2.35. The Balaban J connectivity index is 1.91. The molecule has 0 aliphatic carbocycles. The Hall–Kier alpha value is -4.00. The summed E-state index contributed by atoms with van der Waals surface area (Å²) in [5.41, 5.74) is -0.253. The van der Waals surface area contributed by atoms with E-state index in [0.717, 1.165) is 16.7 Å². The van der Waals surface area contributed by atoms with Gasteiger partial charge >= 0.3 is 0 Å². The molecule has 0 unspecified atom stereocenters. The van der Waals surface area contributed by atoms with E-state index in [1.165, 1.54) is 26.3 Å². The number of rotatable bonds is 10. The molecule has 210 valence electrons. The summed E-state index contributed by atoms with van der Waals surface area (Å²) in [6.45, 7) is 3.19. The van der Waals surface area contributed by atoms with Crippen molar-refractivity contribution >= 4 is 9.84 Å². The van der Waals surface area contributed by atoms with Crippen molar-refractivity contribution in [2.24, 2.45) is 0 Å². The van der Waals surface area contributed by atoms with Crippen LogP contribution in [0, 0.1) is 18.7 Å². The van der Waals surface area contributed by atoms with Gasteiger partial charge in [-0.05, 0) is 43.2 Å². The number of nitrogens with zero attached hydrogens (tertiary/aromatic N) is 3. The third-order valence-corrected chi connectivity index (χ3v) is 8.11. The van der Waals surface area contributed by atoms with E-state index in [1.54, 1.807) is 37.3 Å². The van der Waals surface area contributed by atoms with E-state index in [0.29, 0.717) is 11.6 Å². The van der Waals surface area contributed by atoms with Crippen molar-refractivity contribution in [3.8, 4) is 17.0 Å². The molecule has 2 aromatic heterocycles. The van der Waals surface area contributed by atoms with Crippen LogP contribution in [0.1, 0.15) is 29.9 Å². The fraction of sp³-hybridized carbons (Fsp3) is 0.250. The molecule has 40 heavy (non-hydrogen) atoms. The molecule has 0 radical (unpaired) electrons. The van der Waals surface area contributed by atoms with Gasteiger partial charge in [-0.25, -0.2) is 17.8 Å². The first-order valence-corrected chi connectivity index (χ1v) is 13.7. The van der Waals surface area contributed by atoms with Gasteiger partial charge in [0.1, 0.15) is 18.2 Å². The number of hydrogen-bond donors (Lipinski definition) is 1. The normalized spacial score (nSPS) is 12.4. The highest BCUT2D eigenvalue weighted by molar-refractivity contribution is 7.91. The molecule has 0 spiro atoms. The summed E-state index contributed by atoms with van der Waals surface area (Å²) in [4.78, 5) is 19.8. The van der Waals surface area contributed by atoms with E-state index in [1.807, 2.05) is 0 Å². The summed E-state index contributed by atoms with van der Waals surface area (Å²) >= 11 is 0. The topological polar surface area (TPSA) is 121 Å². The van der Waals surface area contributed by atoms with Gasteiger partial charge in [0, 0.05) is 31.0 Å². The monoisotopic (exact) mass is 571 g/mol. The lowest BCUT2D eigenvalue weighted by molar-refractivity contribution is 0.116. The molecule has 0 bridgehead atoms. The first-order chi connectivity index (χ1) is 19.1. The molecule has 1 atom stereocenters. The molecule has 2 heterocycles. The summed E-state index contributed by atoms with van der Waals surface area (Å²) in [6.07, 6.45) is 1.17. The zero-order valence-corrected chi connectivity index (χ0v) is 22.8. The number of aromatic nitrogens is 3. The average molecular weight is 572 g/mol. The third kappa shape index (κ3) is 5.51. The molecular formula is C28H27F2N3O6S. The number of ether oxygens (including phenoxy) is 2. The van der Waals surface area contributed by atoms with E-state index < -0.39 is 48.9 Å². The van der Waals surface area contributed by atoms with Crippen molar-refractivity contribution in [1.29, 1.82) is 0 Å². The molecule has 2 aromatic carbocycles. The largest absolute Gasteiger partial charge is 0.492 e. The van der Waals surface area contributed by atoms with Crippen LogP contribution in [-0.2, 0) is 25.9 Å². The smallest absolute Gasteiger partial charge is 0.277 e. The van der Waals surface area contributed by atoms with Gasteiger partial charge in [0.05, 0.1) is 17.5 Å². The molecule has 1 N–H and O–H groups in total. The molecule has 0 aliphatic rings. The zero-order valence-electron chi connectivity index (χ0n) is 22.0. The van der Waals surface area contributed by atoms with E-state index in [4.69, 9.17) is 9.47 Å². The van der Waals surface area contributed by atoms with Crippen LogP contribution >= 0.6 is 0 Å². The maximum atomic E-state index is 15.2. The van der Waals surface area contributed by atoms with Crippen molar-refractivity contribution < 1.29 is 31.8 Å². The number of aromatic hydroxyl groups is 1. The lowest BCUT2D eigenvalue weighted by atomic mass is 10.0. The molecule has 0 amide bonds. The van der Waals surface area contributed by atoms with Crippen LogP contribution < -0.4 is 5.56 Å². The van der Waals surface area contributed by atoms with E-state index in [2.05, 4.69) is 9.97 Å². The SMILES string of the molecule is CCOCc1nc(O)c(S(=O)(=O)c2ccc(-c3ccnc(F)c3C)c(F)c2)c(=O)n1[C@@H](COC)c1ccccc1. The quantitative estimate of drug-likeness (QED) is 0.281. The van der Waals surface area contributed by atoms with E-state index >= 15 is 4.39 Å². The minimum Gasteiger partial charge on any atom is -0.492 e. The highest BCUT2D eigenvalue weighted by Gasteiger charge is 2.32. The number of benzene rings is 2. The number of halogens is 2. The minimum absolute atomic E-state index is 0.0223. The Bertz CT molecular complexity index is 1690. The number of sulfone groups is 1. The molecule has 0 aliphatic heterocycles. The molecule has 0 saturated carbocycles. The minimum atomic E-state index is -4.78. The summed E-state index contributed by atoms with van der Waals surface area (Å²) in [5, 5.41) is 10.7. The highest BCUT2D eigenvalue weighted by atomic mass is 32.2. The van der Waals surface area contributed by atoms with Crippen molar-refractivity contribution in [3.63, 3.8) is 0 Å². The predicted octanol–water partition coefficient (Wildman–Crippen LogP) is 4.20. The van der Waals surface area contributed by atoms with E-state index in [-0.39, 0.29) is 42.3 Å². The van der Waals surface area contributed by atoms with Crippen LogP contribution in [0.2, 0.25) is 0 Å². The van der Waals surface area contributed by atoms with Gasteiger partial charge in [-0.15, -0.1) is 0 Å². The van der Waals surface area contributed by atoms with Crippen LogP contribution in [0.15, 0.2) is 75.4 Å².